The molecule has 0 aliphatic carbocycles. The summed E-state index contributed by atoms with van der Waals surface area (Å²) >= 11 is 0. The number of benzene rings is 3. The number of fused-ring (bicyclic) bond motifs is 1. The summed E-state index contributed by atoms with van der Waals surface area (Å²) in [4.78, 5) is 25.7. The minimum atomic E-state index is -1.15. The second-order valence-electron chi connectivity index (χ2n) is 6.46. The molecule has 0 saturated heterocycles. The van der Waals surface area contributed by atoms with Gasteiger partial charge >= 0.3 is 5.97 Å². The number of hydrogen-bond acceptors (Lipinski definition) is 4. The minimum absolute atomic E-state index is 0.0175. The van der Waals surface area contributed by atoms with Gasteiger partial charge in [0.2, 0.25) is 0 Å². The van der Waals surface area contributed by atoms with Crippen molar-refractivity contribution in [2.45, 2.75) is 18.2 Å². The maximum Gasteiger partial charge on any atom is 0.309 e. The minimum Gasteiger partial charge on any atom is -0.469 e. The molecule has 144 valence electrons. The molecule has 1 unspecified atom stereocenters. The lowest BCUT2D eigenvalue weighted by Gasteiger charge is -2.15. The molecule has 3 aromatic rings. The van der Waals surface area contributed by atoms with Crippen molar-refractivity contribution >= 4 is 33.3 Å². The topological polar surface area (TPSA) is 60.4 Å². The lowest BCUT2D eigenvalue weighted by Crippen LogP contribution is -2.11. The van der Waals surface area contributed by atoms with Crippen molar-refractivity contribution in [3.05, 3.63) is 76.6 Å². The molecule has 0 bridgehead atoms. The summed E-state index contributed by atoms with van der Waals surface area (Å²) in [5, 5.41) is 1.15. The van der Waals surface area contributed by atoms with E-state index >= 15 is 0 Å². The lowest BCUT2D eigenvalue weighted by atomic mass is 9.89. The van der Waals surface area contributed by atoms with E-state index in [0.717, 1.165) is 0 Å². The van der Waals surface area contributed by atoms with E-state index in [1.165, 1.54) is 19.2 Å². The summed E-state index contributed by atoms with van der Waals surface area (Å²) in [6, 6.07) is 12.5. The smallest absolute Gasteiger partial charge is 0.309 e. The molecule has 0 aromatic heterocycles. The van der Waals surface area contributed by atoms with Crippen molar-refractivity contribution in [1.82, 2.24) is 0 Å². The van der Waals surface area contributed by atoms with Crippen LogP contribution in [0.5, 0.6) is 0 Å². The Morgan fingerprint density at radius 1 is 1.07 bits per heavy atom. The van der Waals surface area contributed by atoms with Crippen molar-refractivity contribution in [2.75, 3.05) is 13.4 Å². The molecule has 0 fully saturated rings. The van der Waals surface area contributed by atoms with Gasteiger partial charge in [-0.05, 0) is 65.2 Å². The number of rotatable bonds is 5. The van der Waals surface area contributed by atoms with E-state index in [1.807, 2.05) is 0 Å². The Morgan fingerprint density at radius 2 is 1.75 bits per heavy atom. The lowest BCUT2D eigenvalue weighted by molar-refractivity contribution is -0.139. The van der Waals surface area contributed by atoms with Crippen molar-refractivity contribution < 1.29 is 22.9 Å². The zero-order valence-electron chi connectivity index (χ0n) is 15.7. The molecule has 0 aliphatic rings. The molecule has 0 heterocycles. The maximum absolute atomic E-state index is 13.9. The third kappa shape index (κ3) is 3.87. The van der Waals surface area contributed by atoms with Gasteiger partial charge in [0.25, 0.3) is 0 Å². The number of methoxy groups -OCH3 is 1. The van der Waals surface area contributed by atoms with Gasteiger partial charge in [0.15, 0.2) is 5.78 Å². The molecule has 0 spiro atoms. The van der Waals surface area contributed by atoms with Gasteiger partial charge in [-0.3, -0.25) is 13.8 Å². The van der Waals surface area contributed by atoms with Gasteiger partial charge in [-0.15, -0.1) is 0 Å². The first-order valence-corrected chi connectivity index (χ1v) is 10.1. The SMILES string of the molecule is COC(=O)Cc1cc2ccc(F)cc2c(C(=O)c2ccc(S(C)=O)cc2)c1C. The molecule has 0 aliphatic heterocycles. The van der Waals surface area contributed by atoms with Crippen LogP contribution in [0, 0.1) is 12.7 Å². The Morgan fingerprint density at radius 3 is 2.36 bits per heavy atom. The first-order valence-electron chi connectivity index (χ1n) is 8.58. The van der Waals surface area contributed by atoms with E-state index in [-0.39, 0.29) is 12.2 Å². The van der Waals surface area contributed by atoms with Crippen LogP contribution in [0.25, 0.3) is 10.8 Å². The maximum atomic E-state index is 13.9. The van der Waals surface area contributed by atoms with E-state index in [1.54, 1.807) is 49.6 Å². The summed E-state index contributed by atoms with van der Waals surface area (Å²) < 4.78 is 30.2. The first kappa shape index (κ1) is 19.9. The molecule has 28 heavy (non-hydrogen) atoms. The molecule has 0 amide bonds. The largest absolute Gasteiger partial charge is 0.469 e. The fourth-order valence-corrected chi connectivity index (χ4v) is 3.69. The van der Waals surface area contributed by atoms with Crippen molar-refractivity contribution in [3.63, 3.8) is 0 Å². The molecular weight excluding hydrogens is 379 g/mol. The second-order valence-corrected chi connectivity index (χ2v) is 7.84. The quantitative estimate of drug-likeness (QED) is 0.482. The van der Waals surface area contributed by atoms with Crippen LogP contribution in [-0.4, -0.2) is 29.3 Å². The standard InChI is InChI=1S/C22H19FO4S/c1-13-16(11-20(24)27-2)10-15-4-7-17(23)12-19(15)21(13)22(25)14-5-8-18(9-6-14)28(3)26/h4-10,12H,11H2,1-3H3. The van der Waals surface area contributed by atoms with Crippen LogP contribution in [0.15, 0.2) is 53.4 Å². The summed E-state index contributed by atoms with van der Waals surface area (Å²) in [6.07, 6.45) is 1.58. The van der Waals surface area contributed by atoms with E-state index in [2.05, 4.69) is 0 Å². The van der Waals surface area contributed by atoms with Crippen LogP contribution < -0.4 is 0 Å². The normalized spacial score (nSPS) is 12.0. The third-order valence-electron chi connectivity index (χ3n) is 4.71. The molecule has 3 aromatic carbocycles. The highest BCUT2D eigenvalue weighted by molar-refractivity contribution is 7.84. The monoisotopic (exact) mass is 398 g/mol. The highest BCUT2D eigenvalue weighted by atomic mass is 32.2. The molecule has 3 rings (SSSR count). The Bertz CT molecular complexity index is 1100. The molecule has 4 nitrogen and oxygen atoms in total. The van der Waals surface area contributed by atoms with Gasteiger partial charge in [0.1, 0.15) is 5.82 Å². The fraction of sp³-hybridized carbons (Fsp3) is 0.182. The Balaban J connectivity index is 2.20. The number of esters is 1. The van der Waals surface area contributed by atoms with Crippen LogP contribution in [0.4, 0.5) is 4.39 Å². The molecule has 0 radical (unpaired) electrons. The summed E-state index contributed by atoms with van der Waals surface area (Å²) in [5.74, 6) is -1.15. The van der Waals surface area contributed by atoms with E-state index in [9.17, 15) is 18.2 Å². The van der Waals surface area contributed by atoms with Gasteiger partial charge in [-0.25, -0.2) is 4.39 Å². The van der Waals surface area contributed by atoms with Crippen LogP contribution in [0.2, 0.25) is 0 Å². The highest BCUT2D eigenvalue weighted by Gasteiger charge is 2.20. The van der Waals surface area contributed by atoms with Crippen molar-refractivity contribution in [1.29, 1.82) is 0 Å². The van der Waals surface area contributed by atoms with Crippen LogP contribution in [0.1, 0.15) is 27.0 Å². The van der Waals surface area contributed by atoms with Gasteiger partial charge < -0.3 is 4.74 Å². The number of ketones is 1. The zero-order chi connectivity index (χ0) is 20.4. The average molecular weight is 398 g/mol. The zero-order valence-corrected chi connectivity index (χ0v) is 16.6. The molecular formula is C22H19FO4S. The molecule has 1 atom stereocenters. The Kier molecular flexibility index (Phi) is 5.70. The van der Waals surface area contributed by atoms with E-state index < -0.39 is 22.6 Å². The number of ether oxygens (including phenoxy) is 1. The van der Waals surface area contributed by atoms with E-state index in [0.29, 0.717) is 37.9 Å². The van der Waals surface area contributed by atoms with Crippen LogP contribution in [-0.2, 0) is 26.8 Å². The van der Waals surface area contributed by atoms with Gasteiger partial charge in [-0.2, -0.15) is 0 Å². The fourth-order valence-electron chi connectivity index (χ4n) is 3.18. The first-order chi connectivity index (χ1) is 13.3. The highest BCUT2D eigenvalue weighted by Crippen LogP contribution is 2.29. The molecule has 0 saturated carbocycles. The Labute approximate surface area is 164 Å². The average Bonchev–Trinajstić information content (AvgIpc) is 2.68. The van der Waals surface area contributed by atoms with Crippen LogP contribution >= 0.6 is 0 Å². The third-order valence-corrected chi connectivity index (χ3v) is 5.65. The van der Waals surface area contributed by atoms with Gasteiger partial charge in [-0.1, -0.05) is 12.1 Å². The number of carbonyl (C=O) groups excluding carboxylic acids is 2. The Hall–Kier alpha value is -2.86. The molecule has 0 N–H and O–H groups in total. The number of halogens is 1. The number of hydrogen-bond donors (Lipinski definition) is 0. The predicted octanol–water partition coefficient (Wildman–Crippen LogP) is 3.97. The van der Waals surface area contributed by atoms with E-state index in [4.69, 9.17) is 4.74 Å². The van der Waals surface area contributed by atoms with Gasteiger partial charge in [0, 0.05) is 33.1 Å². The second kappa shape index (κ2) is 8.02. The summed E-state index contributed by atoms with van der Waals surface area (Å²) in [5.41, 5.74) is 2.01. The predicted molar refractivity (Wildman–Crippen MR) is 107 cm³/mol. The summed E-state index contributed by atoms with van der Waals surface area (Å²) in [6.45, 7) is 1.74. The van der Waals surface area contributed by atoms with Crippen molar-refractivity contribution in [3.8, 4) is 0 Å². The van der Waals surface area contributed by atoms with Crippen molar-refractivity contribution in [2.24, 2.45) is 0 Å². The number of carbonyl (C=O) groups is 2. The summed E-state index contributed by atoms with van der Waals surface area (Å²) in [7, 11) is 0.156. The molecule has 6 heteroatoms. The van der Waals surface area contributed by atoms with Crippen LogP contribution in [0.3, 0.4) is 0 Å². The van der Waals surface area contributed by atoms with Gasteiger partial charge in [0.05, 0.1) is 13.5 Å².